The summed E-state index contributed by atoms with van der Waals surface area (Å²) in [5.41, 5.74) is 0.823. The fourth-order valence-electron chi connectivity index (χ4n) is 4.51. The number of ether oxygens (including phenoxy) is 2. The number of hydrogen-bond donors (Lipinski definition) is 0. The summed E-state index contributed by atoms with van der Waals surface area (Å²) in [6, 6.07) is 11.7. The van der Waals surface area contributed by atoms with Gasteiger partial charge in [0.15, 0.2) is 0 Å². The van der Waals surface area contributed by atoms with Gasteiger partial charge in [0, 0.05) is 50.3 Å². The maximum atomic E-state index is 12.9. The van der Waals surface area contributed by atoms with Crippen LogP contribution in [0, 0.1) is 0 Å². The summed E-state index contributed by atoms with van der Waals surface area (Å²) in [6.07, 6.45) is -0.206. The van der Waals surface area contributed by atoms with Gasteiger partial charge in [-0.2, -0.15) is 0 Å². The first-order chi connectivity index (χ1) is 14.1. The van der Waals surface area contributed by atoms with Crippen LogP contribution in [0.1, 0.15) is 47.1 Å². The molecule has 0 radical (unpaired) electrons. The Kier molecular flexibility index (Phi) is 7.43. The molecule has 0 aromatic heterocycles. The van der Waals surface area contributed by atoms with Crippen LogP contribution in [0.5, 0.6) is 0 Å². The van der Waals surface area contributed by atoms with E-state index in [4.69, 9.17) is 9.47 Å². The third kappa shape index (κ3) is 5.96. The second-order valence-electron chi connectivity index (χ2n) is 9.98. The van der Waals surface area contributed by atoms with Gasteiger partial charge in [-0.1, -0.05) is 30.3 Å². The zero-order valence-corrected chi connectivity index (χ0v) is 19.5. The molecule has 3 rings (SSSR count). The zero-order chi connectivity index (χ0) is 21.9. The molecule has 0 bridgehead atoms. The van der Waals surface area contributed by atoms with E-state index < -0.39 is 5.60 Å². The minimum absolute atomic E-state index is 0.111. The number of benzene rings is 1. The van der Waals surface area contributed by atoms with Crippen molar-refractivity contribution in [3.63, 3.8) is 0 Å². The zero-order valence-electron chi connectivity index (χ0n) is 19.5. The topological polar surface area (TPSA) is 45.2 Å². The lowest BCUT2D eigenvalue weighted by molar-refractivity contribution is -0.0637. The predicted octanol–water partition coefficient (Wildman–Crippen LogP) is 3.61. The molecule has 0 N–H and O–H groups in total. The highest BCUT2D eigenvalue weighted by atomic mass is 16.6. The Morgan fingerprint density at radius 3 is 2.27 bits per heavy atom. The number of carbonyl (C=O) groups excluding carboxylic acids is 1. The van der Waals surface area contributed by atoms with Crippen molar-refractivity contribution in [3.05, 3.63) is 35.9 Å². The van der Waals surface area contributed by atoms with Crippen molar-refractivity contribution >= 4 is 6.09 Å². The molecule has 2 aliphatic heterocycles. The van der Waals surface area contributed by atoms with Gasteiger partial charge in [-0.25, -0.2) is 4.79 Å². The first-order valence-corrected chi connectivity index (χ1v) is 11.2. The number of carbonyl (C=O) groups is 1. The van der Waals surface area contributed by atoms with Crippen LogP contribution in [0.15, 0.2) is 30.3 Å². The SMILES string of the molecule is CC1CN(Cc2ccccc2)[C@@H](CN2[C@H](C)COC[C@H]2C)CN1C(=O)OC(C)(C)C. The Labute approximate surface area is 182 Å². The van der Waals surface area contributed by atoms with Crippen LogP contribution in [-0.2, 0) is 16.0 Å². The maximum Gasteiger partial charge on any atom is 0.410 e. The second kappa shape index (κ2) is 9.67. The molecule has 30 heavy (non-hydrogen) atoms. The van der Waals surface area contributed by atoms with Crippen LogP contribution in [0.25, 0.3) is 0 Å². The van der Waals surface area contributed by atoms with Crippen molar-refractivity contribution in [2.24, 2.45) is 0 Å². The van der Waals surface area contributed by atoms with Crippen molar-refractivity contribution in [2.75, 3.05) is 32.8 Å². The highest BCUT2D eigenvalue weighted by Gasteiger charge is 2.38. The molecule has 168 valence electrons. The van der Waals surface area contributed by atoms with Crippen LogP contribution in [-0.4, -0.2) is 83.4 Å². The summed E-state index contributed by atoms with van der Waals surface area (Å²) >= 11 is 0. The van der Waals surface area contributed by atoms with Crippen molar-refractivity contribution in [1.82, 2.24) is 14.7 Å². The Balaban J connectivity index is 1.78. The molecular formula is C24H39N3O3. The molecule has 1 aromatic carbocycles. The molecule has 0 saturated carbocycles. The van der Waals surface area contributed by atoms with E-state index in [0.29, 0.717) is 18.6 Å². The summed E-state index contributed by atoms with van der Waals surface area (Å²) in [6.45, 7) is 17.2. The number of morpholine rings is 1. The molecule has 0 spiro atoms. The number of rotatable bonds is 4. The van der Waals surface area contributed by atoms with Gasteiger partial charge in [-0.05, 0) is 47.1 Å². The molecule has 1 aromatic rings. The molecular weight excluding hydrogens is 378 g/mol. The van der Waals surface area contributed by atoms with Gasteiger partial charge >= 0.3 is 6.09 Å². The summed E-state index contributed by atoms with van der Waals surface area (Å²) in [7, 11) is 0. The van der Waals surface area contributed by atoms with Crippen molar-refractivity contribution in [2.45, 2.75) is 77.9 Å². The van der Waals surface area contributed by atoms with Gasteiger partial charge in [0.2, 0.25) is 0 Å². The summed E-state index contributed by atoms with van der Waals surface area (Å²) in [5.74, 6) is 0. The summed E-state index contributed by atoms with van der Waals surface area (Å²) in [5, 5.41) is 0. The molecule has 1 amide bonds. The first-order valence-electron chi connectivity index (χ1n) is 11.2. The molecule has 2 fully saturated rings. The Morgan fingerprint density at radius 2 is 1.67 bits per heavy atom. The lowest BCUT2D eigenvalue weighted by Crippen LogP contribution is -2.63. The summed E-state index contributed by atoms with van der Waals surface area (Å²) in [4.78, 5) is 19.9. The van der Waals surface area contributed by atoms with E-state index in [1.807, 2.05) is 25.7 Å². The Bertz CT molecular complexity index is 681. The molecule has 1 unspecified atom stereocenters. The third-order valence-corrected chi connectivity index (χ3v) is 6.08. The van der Waals surface area contributed by atoms with E-state index in [9.17, 15) is 4.79 Å². The Hall–Kier alpha value is -1.63. The fourth-order valence-corrected chi connectivity index (χ4v) is 4.51. The van der Waals surface area contributed by atoms with Gasteiger partial charge in [0.25, 0.3) is 0 Å². The molecule has 2 aliphatic rings. The average molecular weight is 418 g/mol. The highest BCUT2D eigenvalue weighted by Crippen LogP contribution is 2.24. The van der Waals surface area contributed by atoms with Gasteiger partial charge < -0.3 is 14.4 Å². The van der Waals surface area contributed by atoms with Gasteiger partial charge in [-0.15, -0.1) is 0 Å². The van der Waals surface area contributed by atoms with E-state index in [0.717, 1.165) is 32.8 Å². The van der Waals surface area contributed by atoms with Crippen molar-refractivity contribution < 1.29 is 14.3 Å². The average Bonchev–Trinajstić information content (AvgIpc) is 2.65. The lowest BCUT2D eigenvalue weighted by Gasteiger charge is -2.49. The Morgan fingerprint density at radius 1 is 1.03 bits per heavy atom. The molecule has 4 atom stereocenters. The van der Waals surface area contributed by atoms with Crippen LogP contribution in [0.2, 0.25) is 0 Å². The van der Waals surface area contributed by atoms with E-state index in [1.54, 1.807) is 0 Å². The van der Waals surface area contributed by atoms with E-state index >= 15 is 0 Å². The quantitative estimate of drug-likeness (QED) is 0.749. The normalized spacial score (nSPS) is 29.1. The summed E-state index contributed by atoms with van der Waals surface area (Å²) < 4.78 is 11.4. The maximum absolute atomic E-state index is 12.9. The van der Waals surface area contributed by atoms with E-state index in [-0.39, 0.29) is 18.2 Å². The molecule has 6 heteroatoms. The predicted molar refractivity (Wildman–Crippen MR) is 119 cm³/mol. The van der Waals surface area contributed by atoms with Crippen LogP contribution >= 0.6 is 0 Å². The van der Waals surface area contributed by atoms with Gasteiger partial charge in [0.1, 0.15) is 5.60 Å². The highest BCUT2D eigenvalue weighted by molar-refractivity contribution is 5.68. The minimum Gasteiger partial charge on any atom is -0.444 e. The van der Waals surface area contributed by atoms with Crippen molar-refractivity contribution in [3.8, 4) is 0 Å². The van der Waals surface area contributed by atoms with E-state index in [2.05, 4.69) is 60.9 Å². The number of nitrogens with zero attached hydrogens (tertiary/aromatic N) is 3. The van der Waals surface area contributed by atoms with Crippen molar-refractivity contribution in [1.29, 1.82) is 0 Å². The monoisotopic (exact) mass is 417 g/mol. The van der Waals surface area contributed by atoms with E-state index in [1.165, 1.54) is 5.56 Å². The number of amides is 1. The van der Waals surface area contributed by atoms with Gasteiger partial charge in [-0.3, -0.25) is 9.80 Å². The fraction of sp³-hybridized carbons (Fsp3) is 0.708. The van der Waals surface area contributed by atoms with Crippen LogP contribution < -0.4 is 0 Å². The smallest absolute Gasteiger partial charge is 0.410 e. The minimum atomic E-state index is -0.485. The van der Waals surface area contributed by atoms with Gasteiger partial charge in [0.05, 0.1) is 13.2 Å². The molecule has 0 aliphatic carbocycles. The first kappa shape index (κ1) is 23.0. The third-order valence-electron chi connectivity index (χ3n) is 6.08. The second-order valence-corrected chi connectivity index (χ2v) is 9.98. The molecule has 2 heterocycles. The van der Waals surface area contributed by atoms with Crippen LogP contribution in [0.4, 0.5) is 4.79 Å². The number of hydrogen-bond acceptors (Lipinski definition) is 5. The van der Waals surface area contributed by atoms with Crippen LogP contribution in [0.3, 0.4) is 0 Å². The lowest BCUT2D eigenvalue weighted by atomic mass is 10.0. The molecule has 6 nitrogen and oxygen atoms in total. The standard InChI is InChI=1S/C24H39N3O3/c1-18-12-25(13-21-10-8-7-9-11-21)22(14-26-19(2)16-29-17-20(26)3)15-27(18)23(28)30-24(4,5)6/h7-11,18-20,22H,12-17H2,1-6H3/t18?,19-,20-,22+/m1/s1. The number of piperazine rings is 1. The largest absolute Gasteiger partial charge is 0.444 e. The molecule has 2 saturated heterocycles.